The van der Waals surface area contributed by atoms with E-state index in [0.29, 0.717) is 30.5 Å². The molecule has 1 amide bonds. The number of ether oxygens (including phenoxy) is 1. The molecule has 1 aliphatic heterocycles. The first-order valence-corrected chi connectivity index (χ1v) is 9.76. The van der Waals surface area contributed by atoms with Crippen molar-refractivity contribution in [2.45, 2.75) is 24.2 Å². The maximum absolute atomic E-state index is 13.8. The number of methoxy groups -OCH3 is 1. The van der Waals surface area contributed by atoms with Gasteiger partial charge in [0.15, 0.2) is 0 Å². The summed E-state index contributed by atoms with van der Waals surface area (Å²) in [4.78, 5) is 13.0. The summed E-state index contributed by atoms with van der Waals surface area (Å²) in [7, 11) is -2.85. The summed E-state index contributed by atoms with van der Waals surface area (Å²) in [5.74, 6) is -1.78. The van der Waals surface area contributed by atoms with E-state index in [1.165, 1.54) is 19.2 Å². The Labute approximate surface area is 155 Å². The van der Waals surface area contributed by atoms with E-state index in [-0.39, 0.29) is 11.6 Å². The number of rotatable bonds is 5. The number of nitrogens with one attached hydrogen (secondary N) is 1. The number of anilines is 2. The van der Waals surface area contributed by atoms with Gasteiger partial charge in [-0.25, -0.2) is 17.2 Å². The van der Waals surface area contributed by atoms with E-state index in [2.05, 4.69) is 4.72 Å². The highest BCUT2D eigenvalue weighted by molar-refractivity contribution is 7.92. The molecule has 1 fully saturated rings. The van der Waals surface area contributed by atoms with Crippen LogP contribution in [-0.2, 0) is 14.8 Å². The third-order valence-electron chi connectivity index (χ3n) is 4.23. The second-order valence-electron chi connectivity index (χ2n) is 6.07. The number of nitrogens with zero attached hydrogens (tertiary/aromatic N) is 1. The molecule has 0 bridgehead atoms. The molecule has 0 atom stereocenters. The first-order chi connectivity index (χ1) is 12.8. The second kappa shape index (κ2) is 7.51. The van der Waals surface area contributed by atoms with Crippen LogP contribution in [-0.4, -0.2) is 28.0 Å². The van der Waals surface area contributed by atoms with E-state index in [1.807, 2.05) is 0 Å². The number of benzene rings is 2. The minimum atomic E-state index is -4.26. The van der Waals surface area contributed by atoms with Crippen LogP contribution in [0.15, 0.2) is 41.3 Å². The molecule has 0 spiro atoms. The van der Waals surface area contributed by atoms with Crippen LogP contribution >= 0.6 is 0 Å². The van der Waals surface area contributed by atoms with Crippen molar-refractivity contribution in [2.75, 3.05) is 23.3 Å². The van der Waals surface area contributed by atoms with Crippen molar-refractivity contribution in [1.82, 2.24) is 0 Å². The van der Waals surface area contributed by atoms with Gasteiger partial charge in [-0.2, -0.15) is 0 Å². The molecule has 2 aromatic carbocycles. The van der Waals surface area contributed by atoms with Crippen molar-refractivity contribution in [3.63, 3.8) is 0 Å². The Morgan fingerprint density at radius 3 is 2.56 bits per heavy atom. The molecule has 1 saturated heterocycles. The summed E-state index contributed by atoms with van der Waals surface area (Å²) < 4.78 is 59.1. The van der Waals surface area contributed by atoms with E-state index < -0.39 is 26.6 Å². The van der Waals surface area contributed by atoms with Crippen molar-refractivity contribution >= 4 is 27.3 Å². The van der Waals surface area contributed by atoms with Crippen LogP contribution in [0.2, 0.25) is 0 Å². The third-order valence-corrected chi connectivity index (χ3v) is 5.64. The lowest BCUT2D eigenvalue weighted by atomic mass is 10.1. The van der Waals surface area contributed by atoms with Gasteiger partial charge in [0.1, 0.15) is 22.3 Å². The van der Waals surface area contributed by atoms with Gasteiger partial charge in [-0.05, 0) is 37.1 Å². The first kappa shape index (κ1) is 19.1. The number of hydrogen-bond donors (Lipinski definition) is 1. The summed E-state index contributed by atoms with van der Waals surface area (Å²) >= 11 is 0. The van der Waals surface area contributed by atoms with E-state index in [4.69, 9.17) is 4.74 Å². The van der Waals surface area contributed by atoms with Gasteiger partial charge in [0.05, 0.1) is 18.5 Å². The lowest BCUT2D eigenvalue weighted by Crippen LogP contribution is -2.35. The molecule has 9 heteroatoms. The van der Waals surface area contributed by atoms with E-state index in [1.54, 1.807) is 11.0 Å². The van der Waals surface area contributed by atoms with Crippen molar-refractivity contribution in [1.29, 1.82) is 0 Å². The zero-order chi connectivity index (χ0) is 19.6. The quantitative estimate of drug-likeness (QED) is 0.842. The maximum Gasteiger partial charge on any atom is 0.264 e. The Morgan fingerprint density at radius 1 is 1.11 bits per heavy atom. The van der Waals surface area contributed by atoms with Crippen LogP contribution in [0.5, 0.6) is 5.75 Å². The minimum absolute atomic E-state index is 0.0266. The second-order valence-corrected chi connectivity index (χ2v) is 7.72. The van der Waals surface area contributed by atoms with Crippen LogP contribution in [0, 0.1) is 11.6 Å². The van der Waals surface area contributed by atoms with Gasteiger partial charge in [0.2, 0.25) is 5.91 Å². The number of hydrogen-bond acceptors (Lipinski definition) is 4. The third kappa shape index (κ3) is 4.02. The fraction of sp³-hybridized carbons (Fsp3) is 0.278. The Kier molecular flexibility index (Phi) is 5.31. The maximum atomic E-state index is 13.8. The summed E-state index contributed by atoms with van der Waals surface area (Å²) in [6, 6.07) is 6.66. The molecule has 0 unspecified atom stereocenters. The SMILES string of the molecule is COc1cc(NS(=O)(=O)c2ccc(F)cc2F)ccc1N1CCCCC1=O. The van der Waals surface area contributed by atoms with Crippen molar-refractivity contribution in [3.8, 4) is 5.75 Å². The van der Waals surface area contributed by atoms with Gasteiger partial charge in [0, 0.05) is 25.1 Å². The Morgan fingerprint density at radius 2 is 1.89 bits per heavy atom. The normalized spacial score (nSPS) is 14.9. The highest BCUT2D eigenvalue weighted by atomic mass is 32.2. The lowest BCUT2D eigenvalue weighted by Gasteiger charge is -2.28. The highest BCUT2D eigenvalue weighted by Crippen LogP contribution is 2.34. The highest BCUT2D eigenvalue weighted by Gasteiger charge is 2.24. The average Bonchev–Trinajstić information content (AvgIpc) is 2.61. The van der Waals surface area contributed by atoms with E-state index in [9.17, 15) is 22.0 Å². The van der Waals surface area contributed by atoms with Gasteiger partial charge in [0.25, 0.3) is 10.0 Å². The number of halogens is 2. The predicted octanol–water partition coefficient (Wildman–Crippen LogP) is 3.29. The van der Waals surface area contributed by atoms with Crippen molar-refractivity contribution < 1.29 is 26.7 Å². The zero-order valence-corrected chi connectivity index (χ0v) is 15.4. The molecular formula is C18H18F2N2O4S. The van der Waals surface area contributed by atoms with Crippen LogP contribution in [0.3, 0.4) is 0 Å². The van der Waals surface area contributed by atoms with Gasteiger partial charge < -0.3 is 9.64 Å². The van der Waals surface area contributed by atoms with Crippen molar-refractivity contribution in [3.05, 3.63) is 48.0 Å². The lowest BCUT2D eigenvalue weighted by molar-refractivity contribution is -0.119. The van der Waals surface area contributed by atoms with Gasteiger partial charge >= 0.3 is 0 Å². The minimum Gasteiger partial charge on any atom is -0.494 e. The molecule has 0 aromatic heterocycles. The van der Waals surface area contributed by atoms with Gasteiger partial charge in [-0.15, -0.1) is 0 Å². The topological polar surface area (TPSA) is 75.7 Å². The molecule has 144 valence electrons. The van der Waals surface area contributed by atoms with E-state index >= 15 is 0 Å². The number of amides is 1. The average molecular weight is 396 g/mol. The number of carbonyl (C=O) groups excluding carboxylic acids is 1. The largest absolute Gasteiger partial charge is 0.494 e. The molecule has 6 nitrogen and oxygen atoms in total. The van der Waals surface area contributed by atoms with Crippen LogP contribution in [0.25, 0.3) is 0 Å². The molecular weight excluding hydrogens is 378 g/mol. The van der Waals surface area contributed by atoms with E-state index in [0.717, 1.165) is 25.0 Å². The summed E-state index contributed by atoms with van der Waals surface area (Å²) in [6.07, 6.45) is 2.15. The Bertz CT molecular complexity index is 979. The molecule has 1 heterocycles. The standard InChI is InChI=1S/C18H18F2N2O4S/c1-26-16-11-13(6-7-15(16)22-9-3-2-4-18(22)23)21-27(24,25)17-8-5-12(19)10-14(17)20/h5-8,10-11,21H,2-4,9H2,1H3. The van der Waals surface area contributed by atoms with Crippen LogP contribution in [0.1, 0.15) is 19.3 Å². The molecule has 2 aromatic rings. The molecule has 0 saturated carbocycles. The molecule has 3 rings (SSSR count). The fourth-order valence-corrected chi connectivity index (χ4v) is 4.04. The predicted molar refractivity (Wildman–Crippen MR) is 96.4 cm³/mol. The Balaban J connectivity index is 1.90. The number of sulfonamides is 1. The summed E-state index contributed by atoms with van der Waals surface area (Å²) in [5, 5.41) is 0. The van der Waals surface area contributed by atoms with Gasteiger partial charge in [-0.1, -0.05) is 0 Å². The molecule has 1 N–H and O–H groups in total. The summed E-state index contributed by atoms with van der Waals surface area (Å²) in [6.45, 7) is 0.557. The van der Waals surface area contributed by atoms with Crippen LogP contribution in [0.4, 0.5) is 20.2 Å². The first-order valence-electron chi connectivity index (χ1n) is 8.28. The Hall–Kier alpha value is -2.68. The van der Waals surface area contributed by atoms with Gasteiger partial charge in [-0.3, -0.25) is 9.52 Å². The molecule has 0 radical (unpaired) electrons. The molecule has 1 aliphatic rings. The zero-order valence-electron chi connectivity index (χ0n) is 14.5. The summed E-state index contributed by atoms with van der Waals surface area (Å²) in [5.41, 5.74) is 0.668. The molecule has 0 aliphatic carbocycles. The number of carbonyl (C=O) groups is 1. The van der Waals surface area contributed by atoms with Crippen LogP contribution < -0.4 is 14.4 Å². The fourth-order valence-electron chi connectivity index (χ4n) is 2.93. The van der Waals surface area contributed by atoms with Crippen molar-refractivity contribution in [2.24, 2.45) is 0 Å². The molecule has 27 heavy (non-hydrogen) atoms. The number of piperidine rings is 1. The monoisotopic (exact) mass is 396 g/mol. The smallest absolute Gasteiger partial charge is 0.264 e.